The third-order valence-corrected chi connectivity index (χ3v) is 9.27. The van der Waals surface area contributed by atoms with Crippen molar-refractivity contribution in [2.75, 3.05) is 6.61 Å². The molecule has 6 rings (SSSR count). The Morgan fingerprint density at radius 2 is 1.66 bits per heavy atom. The second-order valence-electron chi connectivity index (χ2n) is 11.8. The van der Waals surface area contributed by atoms with Gasteiger partial charge in [0.1, 0.15) is 0 Å². The van der Waals surface area contributed by atoms with Gasteiger partial charge in [-0.2, -0.15) is 0 Å². The summed E-state index contributed by atoms with van der Waals surface area (Å²) in [4.78, 5) is 31.4. The predicted octanol–water partition coefficient (Wildman–Crippen LogP) is 3.07. The van der Waals surface area contributed by atoms with Gasteiger partial charge in [-0.25, -0.2) is 4.98 Å². The van der Waals surface area contributed by atoms with Gasteiger partial charge in [0.25, 0.3) is 0 Å². The van der Waals surface area contributed by atoms with E-state index in [4.69, 9.17) is 19.9 Å². The van der Waals surface area contributed by atoms with Crippen LogP contribution in [-0.2, 0) is 4.79 Å². The molecule has 3 aromatic heterocycles. The van der Waals surface area contributed by atoms with Gasteiger partial charge in [0.05, 0.1) is 29.8 Å². The third-order valence-electron chi connectivity index (χ3n) is 9.27. The van der Waals surface area contributed by atoms with Crippen LogP contribution in [0.25, 0.3) is 45.0 Å². The number of aromatic nitrogens is 4. The number of allylic oxidation sites excluding steroid dienone is 1. The number of nitrogens with zero attached hydrogens (tertiary/aromatic N) is 4. The van der Waals surface area contributed by atoms with Crippen molar-refractivity contribution < 1.29 is 25.2 Å². The van der Waals surface area contributed by atoms with E-state index < -0.39 is 12.1 Å². The van der Waals surface area contributed by atoms with Crippen molar-refractivity contribution in [3.05, 3.63) is 68.3 Å². The molecule has 8 bridgehead atoms. The van der Waals surface area contributed by atoms with Crippen molar-refractivity contribution in [2.24, 2.45) is 0 Å². The molecular weight excluding hydrogens is 569 g/mol. The monoisotopic (exact) mass is 602 g/mol. The number of carboxylic acid groups (broad SMARTS) is 1. The van der Waals surface area contributed by atoms with Crippen LogP contribution in [0.5, 0.6) is 0 Å². The molecule has 2 N–H and O–H groups in total. The maximum absolute atomic E-state index is 13.4. The topological polar surface area (TPSA) is 158 Å². The Kier molecular flexibility index (Phi) is 8.58. The van der Waals surface area contributed by atoms with Crippen molar-refractivity contribution in [3.8, 4) is 0 Å². The quantitative estimate of drug-likeness (QED) is 0.405. The molecule has 3 aliphatic rings. The average molecular weight is 603 g/mol. The minimum Gasteiger partial charge on any atom is -0.872 e. The first-order chi connectivity index (χ1) is 20.5. The Balaban J connectivity index is 0.00000384. The molecule has 0 spiro atoms. The molecule has 0 unspecified atom stereocenters. The number of rotatable bonds is 6. The Bertz CT molecular complexity index is 1930. The number of fused-ring (bicyclic) bond motifs is 8. The summed E-state index contributed by atoms with van der Waals surface area (Å²) < 4.78 is 0. The van der Waals surface area contributed by atoms with Crippen LogP contribution in [0.2, 0.25) is 0 Å². The molecule has 224 valence electrons. The minimum atomic E-state index is -1.14. The summed E-state index contributed by atoms with van der Waals surface area (Å²) in [6.45, 7) is 11.2. The van der Waals surface area contributed by atoms with Crippen LogP contribution in [0.1, 0.15) is 114 Å². The Morgan fingerprint density at radius 1 is 1.00 bits per heavy atom. The van der Waals surface area contributed by atoms with Gasteiger partial charge in [-0.3, -0.25) is 4.98 Å². The molecule has 3 atom stereocenters. The molecule has 2 aliphatic heterocycles. The summed E-state index contributed by atoms with van der Waals surface area (Å²) in [6.07, 6.45) is 1.53. The number of hydrogen-bond donors (Lipinski definition) is 2. The Labute approximate surface area is 272 Å². The second kappa shape index (κ2) is 11.8. The standard InChI is InChI=1S/C34H37N4O5.Mg/c1-7-19-22(13-39)25-12-26-29(18(6)40)16(4)32(37-26)17(5)31-14(2)20(8-9-28(42)43)33(38-31)21-10-27(41)30-15(3)23(36-34(21)30)11-24(19)35-25;/h10-12,14,18,20,39-40H,7-9,13H2,1-6H3,(H3-,35,36,37,38,41,42,43);/q-1;+2/p-3/t14-,18+,20-;/m0./s1. The molecule has 9 nitrogen and oxygen atoms in total. The van der Waals surface area contributed by atoms with Gasteiger partial charge in [0, 0.05) is 29.1 Å². The molecule has 10 heteroatoms. The van der Waals surface area contributed by atoms with E-state index in [-0.39, 0.29) is 53.7 Å². The summed E-state index contributed by atoms with van der Waals surface area (Å²) in [5.74, 6) is -1.74. The van der Waals surface area contributed by atoms with Crippen molar-refractivity contribution in [1.82, 2.24) is 19.9 Å². The van der Waals surface area contributed by atoms with Crippen LogP contribution in [0, 0.1) is 20.8 Å². The van der Waals surface area contributed by atoms with E-state index in [0.29, 0.717) is 74.3 Å². The molecular formula is C34H34MgN4O5-2. The van der Waals surface area contributed by atoms with Crippen molar-refractivity contribution in [1.29, 1.82) is 0 Å². The van der Waals surface area contributed by atoms with Crippen molar-refractivity contribution in [2.45, 2.75) is 78.7 Å². The van der Waals surface area contributed by atoms with Gasteiger partial charge in [0.2, 0.25) is 0 Å². The SMILES string of the molecule is CCC1=C(CO)c2cc3[n-]c(c(C)c4nc(c5c6[n-]c(cc1n2)c(C)c6C([O-])=C5)[C@@H](CCC(=O)[O-])[C@@H]4C)c(C)c3[C@@H](C)O.[Mg+2]. The molecule has 5 heterocycles. The zero-order chi connectivity index (χ0) is 30.9. The van der Waals surface area contributed by atoms with Gasteiger partial charge in [-0.15, -0.1) is 27.8 Å². The predicted molar refractivity (Wildman–Crippen MR) is 167 cm³/mol. The number of aryl methyl sites for hydroxylation is 3. The minimum absolute atomic E-state index is 0. The van der Waals surface area contributed by atoms with Gasteiger partial charge >= 0.3 is 23.1 Å². The van der Waals surface area contributed by atoms with E-state index in [1.807, 2.05) is 46.8 Å². The molecule has 3 aromatic rings. The number of aliphatic carboxylic acids is 1. The van der Waals surface area contributed by atoms with Crippen LogP contribution in [0.3, 0.4) is 0 Å². The molecule has 0 aromatic carbocycles. The van der Waals surface area contributed by atoms with Crippen molar-refractivity contribution >= 4 is 74.1 Å². The third kappa shape index (κ3) is 4.88. The summed E-state index contributed by atoms with van der Waals surface area (Å²) in [7, 11) is 0. The number of carbonyl (C=O) groups excluding carboxylic acids is 1. The van der Waals surface area contributed by atoms with Gasteiger partial charge < -0.3 is 35.2 Å². The Hall–Kier alpha value is -3.44. The van der Waals surface area contributed by atoms with Crippen LogP contribution in [-0.4, -0.2) is 55.8 Å². The molecule has 0 saturated carbocycles. The fraction of sp³-hybridized carbons (Fsp3) is 0.382. The number of aliphatic hydroxyl groups excluding tert-OH is 2. The van der Waals surface area contributed by atoms with Gasteiger partial charge in [-0.05, 0) is 74.8 Å². The number of hydrogen-bond acceptors (Lipinski definition) is 7. The van der Waals surface area contributed by atoms with E-state index >= 15 is 0 Å². The number of aliphatic hydroxyl groups is 2. The van der Waals surface area contributed by atoms with E-state index in [1.54, 1.807) is 13.0 Å². The molecule has 1 aliphatic carbocycles. The summed E-state index contributed by atoms with van der Waals surface area (Å²) in [5, 5.41) is 46.1. The van der Waals surface area contributed by atoms with E-state index in [9.17, 15) is 25.2 Å². The van der Waals surface area contributed by atoms with E-state index in [0.717, 1.165) is 28.0 Å². The van der Waals surface area contributed by atoms with E-state index in [2.05, 4.69) is 0 Å². The maximum atomic E-state index is 13.4. The number of carboxylic acids is 1. The molecule has 0 saturated heterocycles. The smallest absolute Gasteiger partial charge is 0.872 e. The van der Waals surface area contributed by atoms with Gasteiger partial charge in [-0.1, -0.05) is 43.2 Å². The van der Waals surface area contributed by atoms with Crippen LogP contribution in [0.4, 0.5) is 0 Å². The molecule has 0 fully saturated rings. The first-order valence-electron chi connectivity index (χ1n) is 14.7. The maximum Gasteiger partial charge on any atom is 2.00 e. The largest absolute Gasteiger partial charge is 2.00 e. The van der Waals surface area contributed by atoms with Crippen LogP contribution >= 0.6 is 0 Å². The van der Waals surface area contributed by atoms with Crippen LogP contribution < -0.4 is 20.2 Å². The molecule has 0 amide bonds. The molecule has 0 radical (unpaired) electrons. The number of carbonyl (C=O) groups is 1. The van der Waals surface area contributed by atoms with Crippen LogP contribution in [0.15, 0.2) is 12.1 Å². The van der Waals surface area contributed by atoms with Crippen molar-refractivity contribution in [3.63, 3.8) is 0 Å². The first kappa shape index (κ1) is 32.0. The fourth-order valence-corrected chi connectivity index (χ4v) is 7.11. The first-order valence-corrected chi connectivity index (χ1v) is 14.7. The zero-order valence-electron chi connectivity index (χ0n) is 25.9. The van der Waals surface area contributed by atoms with Gasteiger partial charge in [0.15, 0.2) is 0 Å². The Morgan fingerprint density at radius 3 is 2.30 bits per heavy atom. The second-order valence-corrected chi connectivity index (χ2v) is 11.8. The summed E-state index contributed by atoms with van der Waals surface area (Å²) in [5.41, 5.74) is 10.7. The normalized spacial score (nSPS) is 18.0. The average Bonchev–Trinajstić information content (AvgIpc) is 3.71. The fourth-order valence-electron chi connectivity index (χ4n) is 7.11. The summed E-state index contributed by atoms with van der Waals surface area (Å²) >= 11 is 0. The van der Waals surface area contributed by atoms with E-state index in [1.165, 1.54) is 0 Å². The zero-order valence-corrected chi connectivity index (χ0v) is 27.3. The molecule has 44 heavy (non-hydrogen) atoms. The summed E-state index contributed by atoms with van der Waals surface area (Å²) in [6, 6.07) is 3.67.